The molecule has 1 aliphatic rings. The zero-order chi connectivity index (χ0) is 11.6. The molecule has 0 aromatic carbocycles. The van der Waals surface area contributed by atoms with Crippen LogP contribution in [0.25, 0.3) is 0 Å². The second-order valence-corrected chi connectivity index (χ2v) is 7.00. The fourth-order valence-electron chi connectivity index (χ4n) is 1.84. The van der Waals surface area contributed by atoms with Gasteiger partial charge >= 0.3 is 0 Å². The topological polar surface area (TPSA) is 24.1 Å². The molecule has 1 aromatic rings. The quantitative estimate of drug-likeness (QED) is 0.874. The van der Waals surface area contributed by atoms with Crippen LogP contribution in [-0.2, 0) is 5.41 Å². The van der Waals surface area contributed by atoms with Gasteiger partial charge in [-0.1, -0.05) is 13.8 Å². The standard InChI is InChI=1S/C12H19BrN2S/c1-12(2,11-3-10(13)7-16-11)8-15-6-9-4-14-5-9/h3,7,9,14-15H,4-6,8H2,1-2H3. The molecule has 0 spiro atoms. The number of halogens is 1. The van der Waals surface area contributed by atoms with Crippen LogP contribution in [0.15, 0.2) is 15.9 Å². The van der Waals surface area contributed by atoms with E-state index in [-0.39, 0.29) is 5.41 Å². The van der Waals surface area contributed by atoms with E-state index >= 15 is 0 Å². The Kier molecular flexibility index (Phi) is 4.06. The van der Waals surface area contributed by atoms with Gasteiger partial charge < -0.3 is 10.6 Å². The number of rotatable bonds is 5. The van der Waals surface area contributed by atoms with Crippen molar-refractivity contribution in [3.05, 3.63) is 20.8 Å². The van der Waals surface area contributed by atoms with Gasteiger partial charge in [0.2, 0.25) is 0 Å². The molecule has 2 heterocycles. The molecular formula is C12H19BrN2S. The summed E-state index contributed by atoms with van der Waals surface area (Å²) in [4.78, 5) is 1.44. The van der Waals surface area contributed by atoms with Gasteiger partial charge in [-0.3, -0.25) is 0 Å². The SMILES string of the molecule is CC(C)(CNCC1CNC1)c1cc(Br)cs1. The van der Waals surface area contributed by atoms with Crippen molar-refractivity contribution in [3.63, 3.8) is 0 Å². The molecule has 1 fully saturated rings. The van der Waals surface area contributed by atoms with Crippen LogP contribution in [-0.4, -0.2) is 26.2 Å². The number of hydrogen-bond donors (Lipinski definition) is 2. The molecule has 16 heavy (non-hydrogen) atoms. The van der Waals surface area contributed by atoms with Gasteiger partial charge in [0, 0.05) is 46.3 Å². The maximum atomic E-state index is 3.59. The van der Waals surface area contributed by atoms with Gasteiger partial charge in [0.25, 0.3) is 0 Å². The fourth-order valence-corrected chi connectivity index (χ4v) is 3.39. The predicted molar refractivity (Wildman–Crippen MR) is 74.3 cm³/mol. The highest BCUT2D eigenvalue weighted by molar-refractivity contribution is 9.10. The van der Waals surface area contributed by atoms with Crippen LogP contribution in [0, 0.1) is 5.92 Å². The van der Waals surface area contributed by atoms with Crippen molar-refractivity contribution >= 4 is 27.3 Å². The summed E-state index contributed by atoms with van der Waals surface area (Å²) in [5, 5.41) is 9.05. The molecule has 1 aromatic heterocycles. The Hall–Kier alpha value is 0.1000. The van der Waals surface area contributed by atoms with E-state index in [0.717, 1.165) is 19.0 Å². The summed E-state index contributed by atoms with van der Waals surface area (Å²) in [5.74, 6) is 0.839. The molecule has 0 aliphatic carbocycles. The Morgan fingerprint density at radius 2 is 2.31 bits per heavy atom. The van der Waals surface area contributed by atoms with Gasteiger partial charge in [-0.05, 0) is 27.9 Å². The van der Waals surface area contributed by atoms with Gasteiger partial charge in [0.1, 0.15) is 0 Å². The molecule has 0 unspecified atom stereocenters. The van der Waals surface area contributed by atoms with Crippen LogP contribution in [0.5, 0.6) is 0 Å². The van der Waals surface area contributed by atoms with Crippen LogP contribution in [0.4, 0.5) is 0 Å². The Balaban J connectivity index is 1.81. The van der Waals surface area contributed by atoms with Crippen molar-refractivity contribution in [2.24, 2.45) is 5.92 Å². The monoisotopic (exact) mass is 302 g/mol. The first-order chi connectivity index (χ1) is 7.58. The molecule has 2 rings (SSSR count). The van der Waals surface area contributed by atoms with E-state index in [0.29, 0.717) is 0 Å². The first-order valence-electron chi connectivity index (χ1n) is 5.74. The van der Waals surface area contributed by atoms with Crippen LogP contribution in [0.3, 0.4) is 0 Å². The Bertz CT molecular complexity index is 345. The minimum absolute atomic E-state index is 0.230. The van der Waals surface area contributed by atoms with E-state index in [4.69, 9.17) is 0 Å². The Morgan fingerprint density at radius 3 is 2.81 bits per heavy atom. The molecule has 90 valence electrons. The number of nitrogens with one attached hydrogen (secondary N) is 2. The number of hydrogen-bond acceptors (Lipinski definition) is 3. The first kappa shape index (κ1) is 12.6. The van der Waals surface area contributed by atoms with Crippen LogP contribution in [0.1, 0.15) is 18.7 Å². The largest absolute Gasteiger partial charge is 0.316 e. The second kappa shape index (κ2) is 5.17. The van der Waals surface area contributed by atoms with Crippen molar-refractivity contribution in [2.45, 2.75) is 19.3 Å². The van der Waals surface area contributed by atoms with Gasteiger partial charge in [-0.15, -0.1) is 11.3 Å². The fraction of sp³-hybridized carbons (Fsp3) is 0.667. The predicted octanol–water partition coefficient (Wildman–Crippen LogP) is 2.60. The van der Waals surface area contributed by atoms with Crippen molar-refractivity contribution in [2.75, 3.05) is 26.2 Å². The third-order valence-electron chi connectivity index (χ3n) is 3.10. The molecule has 0 radical (unpaired) electrons. The molecule has 2 N–H and O–H groups in total. The molecule has 0 saturated carbocycles. The maximum Gasteiger partial charge on any atom is 0.0285 e. The average molecular weight is 303 g/mol. The van der Waals surface area contributed by atoms with E-state index in [2.05, 4.69) is 51.9 Å². The normalized spacial score (nSPS) is 17.4. The summed E-state index contributed by atoms with van der Waals surface area (Å²) < 4.78 is 1.20. The van der Waals surface area contributed by atoms with Crippen molar-refractivity contribution in [3.8, 4) is 0 Å². The summed E-state index contributed by atoms with van der Waals surface area (Å²) in [6, 6.07) is 2.23. The average Bonchev–Trinajstić information content (AvgIpc) is 2.57. The highest BCUT2D eigenvalue weighted by atomic mass is 79.9. The lowest BCUT2D eigenvalue weighted by atomic mass is 9.91. The Labute approximate surface area is 110 Å². The van der Waals surface area contributed by atoms with Gasteiger partial charge in [0.05, 0.1) is 0 Å². The van der Waals surface area contributed by atoms with Crippen LogP contribution in [0.2, 0.25) is 0 Å². The molecule has 0 bridgehead atoms. The molecule has 1 aliphatic heterocycles. The molecule has 1 saturated heterocycles. The lowest BCUT2D eigenvalue weighted by Crippen LogP contribution is -2.48. The van der Waals surface area contributed by atoms with E-state index in [1.165, 1.54) is 22.4 Å². The van der Waals surface area contributed by atoms with E-state index in [1.54, 1.807) is 0 Å². The van der Waals surface area contributed by atoms with E-state index in [1.807, 2.05) is 11.3 Å². The summed E-state index contributed by atoms with van der Waals surface area (Å²) >= 11 is 5.35. The summed E-state index contributed by atoms with van der Waals surface area (Å²) in [7, 11) is 0. The zero-order valence-electron chi connectivity index (χ0n) is 9.85. The van der Waals surface area contributed by atoms with Crippen LogP contribution < -0.4 is 10.6 Å². The summed E-state index contributed by atoms with van der Waals surface area (Å²) in [6.45, 7) is 9.16. The lowest BCUT2D eigenvalue weighted by Gasteiger charge is -2.30. The summed E-state index contributed by atoms with van der Waals surface area (Å²) in [6.07, 6.45) is 0. The first-order valence-corrected chi connectivity index (χ1v) is 7.41. The molecule has 0 atom stereocenters. The minimum atomic E-state index is 0.230. The highest BCUT2D eigenvalue weighted by Gasteiger charge is 2.23. The van der Waals surface area contributed by atoms with Crippen molar-refractivity contribution in [1.82, 2.24) is 10.6 Å². The molecule has 4 heteroatoms. The third kappa shape index (κ3) is 3.06. The van der Waals surface area contributed by atoms with Gasteiger partial charge in [0.15, 0.2) is 0 Å². The molecule has 2 nitrogen and oxygen atoms in total. The molecule has 0 amide bonds. The van der Waals surface area contributed by atoms with Gasteiger partial charge in [-0.2, -0.15) is 0 Å². The van der Waals surface area contributed by atoms with Crippen molar-refractivity contribution < 1.29 is 0 Å². The zero-order valence-corrected chi connectivity index (χ0v) is 12.2. The Morgan fingerprint density at radius 1 is 1.56 bits per heavy atom. The highest BCUT2D eigenvalue weighted by Crippen LogP contribution is 2.31. The molecular weight excluding hydrogens is 284 g/mol. The summed E-state index contributed by atoms with van der Waals surface area (Å²) in [5.41, 5.74) is 0.230. The van der Waals surface area contributed by atoms with Crippen LogP contribution >= 0.6 is 27.3 Å². The maximum absolute atomic E-state index is 3.59. The van der Waals surface area contributed by atoms with Crippen molar-refractivity contribution in [1.29, 1.82) is 0 Å². The van der Waals surface area contributed by atoms with Gasteiger partial charge in [-0.25, -0.2) is 0 Å². The van der Waals surface area contributed by atoms with E-state index in [9.17, 15) is 0 Å². The minimum Gasteiger partial charge on any atom is -0.316 e. The second-order valence-electron chi connectivity index (χ2n) is 5.17. The third-order valence-corrected chi connectivity index (χ3v) is 5.16. The number of thiophene rings is 1. The van der Waals surface area contributed by atoms with E-state index < -0.39 is 0 Å². The smallest absolute Gasteiger partial charge is 0.0285 e. The lowest BCUT2D eigenvalue weighted by molar-refractivity contribution is 0.320.